The fourth-order valence-corrected chi connectivity index (χ4v) is 2.05. The van der Waals surface area contributed by atoms with Crippen LogP contribution < -0.4 is 0 Å². The van der Waals surface area contributed by atoms with Gasteiger partial charge in [-0.05, 0) is 13.0 Å². The summed E-state index contributed by atoms with van der Waals surface area (Å²) in [5.74, 6) is -0.594. The number of hydrogen-bond donors (Lipinski definition) is 1. The zero-order valence-electron chi connectivity index (χ0n) is 10.1. The molecule has 1 saturated heterocycles. The van der Waals surface area contributed by atoms with Crippen LogP contribution in [0.1, 0.15) is 22.5 Å². The molecule has 18 heavy (non-hydrogen) atoms. The van der Waals surface area contributed by atoms with E-state index in [-0.39, 0.29) is 18.9 Å². The summed E-state index contributed by atoms with van der Waals surface area (Å²) >= 11 is 0. The van der Waals surface area contributed by atoms with Crippen molar-refractivity contribution in [1.29, 1.82) is 0 Å². The fourth-order valence-electron chi connectivity index (χ4n) is 2.05. The van der Waals surface area contributed by atoms with E-state index in [0.717, 1.165) is 0 Å². The SMILES string of the molecule is Cc1occc1C(=O)N1CCOC[C@@H]1CC(=O)O. The second-order valence-electron chi connectivity index (χ2n) is 4.22. The number of ether oxygens (including phenoxy) is 1. The van der Waals surface area contributed by atoms with Crippen molar-refractivity contribution < 1.29 is 23.8 Å². The molecule has 2 heterocycles. The maximum absolute atomic E-state index is 12.3. The zero-order chi connectivity index (χ0) is 13.1. The molecule has 0 unspecified atom stereocenters. The highest BCUT2D eigenvalue weighted by Crippen LogP contribution is 2.18. The number of carbonyl (C=O) groups excluding carboxylic acids is 1. The topological polar surface area (TPSA) is 80.0 Å². The molecule has 0 aromatic carbocycles. The Labute approximate surface area is 104 Å². The third kappa shape index (κ3) is 2.53. The number of hydrogen-bond acceptors (Lipinski definition) is 4. The molecule has 1 N–H and O–H groups in total. The molecule has 6 nitrogen and oxygen atoms in total. The first-order valence-corrected chi connectivity index (χ1v) is 5.74. The van der Waals surface area contributed by atoms with Crippen molar-refractivity contribution in [3.05, 3.63) is 23.7 Å². The minimum Gasteiger partial charge on any atom is -0.481 e. The van der Waals surface area contributed by atoms with E-state index in [0.29, 0.717) is 24.5 Å². The normalized spacial score (nSPS) is 19.8. The Morgan fingerprint density at radius 2 is 2.33 bits per heavy atom. The molecule has 1 aromatic rings. The number of furan rings is 1. The van der Waals surface area contributed by atoms with Gasteiger partial charge in [0, 0.05) is 6.54 Å². The van der Waals surface area contributed by atoms with Gasteiger partial charge in [0.25, 0.3) is 5.91 Å². The monoisotopic (exact) mass is 253 g/mol. The molecule has 1 fully saturated rings. The molecule has 1 atom stereocenters. The predicted octanol–water partition coefficient (Wildman–Crippen LogP) is 0.904. The molecule has 0 aliphatic carbocycles. The van der Waals surface area contributed by atoms with E-state index in [9.17, 15) is 9.59 Å². The second-order valence-corrected chi connectivity index (χ2v) is 4.22. The van der Waals surface area contributed by atoms with Gasteiger partial charge in [-0.3, -0.25) is 9.59 Å². The van der Waals surface area contributed by atoms with Gasteiger partial charge in [-0.1, -0.05) is 0 Å². The Balaban J connectivity index is 2.16. The lowest BCUT2D eigenvalue weighted by Gasteiger charge is -2.34. The van der Waals surface area contributed by atoms with Crippen LogP contribution >= 0.6 is 0 Å². The van der Waals surface area contributed by atoms with Gasteiger partial charge in [0.05, 0.1) is 37.5 Å². The number of amides is 1. The van der Waals surface area contributed by atoms with Crippen molar-refractivity contribution in [3.8, 4) is 0 Å². The number of aliphatic carboxylic acids is 1. The van der Waals surface area contributed by atoms with Crippen molar-refractivity contribution in [2.45, 2.75) is 19.4 Å². The van der Waals surface area contributed by atoms with Crippen LogP contribution in [-0.2, 0) is 9.53 Å². The lowest BCUT2D eigenvalue weighted by Crippen LogP contribution is -2.49. The highest BCUT2D eigenvalue weighted by Gasteiger charge is 2.30. The first-order chi connectivity index (χ1) is 8.59. The maximum Gasteiger partial charge on any atom is 0.305 e. The van der Waals surface area contributed by atoms with Crippen molar-refractivity contribution in [3.63, 3.8) is 0 Å². The molecule has 6 heteroatoms. The van der Waals surface area contributed by atoms with Crippen LogP contribution in [0, 0.1) is 6.92 Å². The smallest absolute Gasteiger partial charge is 0.305 e. The first-order valence-electron chi connectivity index (χ1n) is 5.74. The average molecular weight is 253 g/mol. The summed E-state index contributed by atoms with van der Waals surface area (Å²) in [6, 6.07) is 1.18. The van der Waals surface area contributed by atoms with Gasteiger partial charge in [-0.2, -0.15) is 0 Å². The summed E-state index contributed by atoms with van der Waals surface area (Å²) in [6.07, 6.45) is 1.35. The van der Waals surface area contributed by atoms with Crippen LogP contribution in [0.2, 0.25) is 0 Å². The largest absolute Gasteiger partial charge is 0.481 e. The van der Waals surface area contributed by atoms with Crippen LogP contribution in [0.3, 0.4) is 0 Å². The molecule has 2 rings (SSSR count). The Hall–Kier alpha value is -1.82. The molecule has 0 saturated carbocycles. The number of morpholine rings is 1. The van der Waals surface area contributed by atoms with Crippen molar-refractivity contribution in [2.75, 3.05) is 19.8 Å². The van der Waals surface area contributed by atoms with E-state index in [1.165, 1.54) is 6.26 Å². The van der Waals surface area contributed by atoms with Gasteiger partial charge in [0.2, 0.25) is 0 Å². The zero-order valence-corrected chi connectivity index (χ0v) is 10.1. The molecular formula is C12H15NO5. The lowest BCUT2D eigenvalue weighted by atomic mass is 10.1. The highest BCUT2D eigenvalue weighted by atomic mass is 16.5. The second kappa shape index (κ2) is 5.22. The van der Waals surface area contributed by atoms with E-state index in [1.807, 2.05) is 0 Å². The van der Waals surface area contributed by atoms with Gasteiger partial charge >= 0.3 is 5.97 Å². The molecular weight excluding hydrogens is 238 g/mol. The Kier molecular flexibility index (Phi) is 3.66. The summed E-state index contributed by atoms with van der Waals surface area (Å²) in [7, 11) is 0. The van der Waals surface area contributed by atoms with Crippen molar-refractivity contribution in [2.24, 2.45) is 0 Å². The molecule has 1 aromatic heterocycles. The molecule has 0 radical (unpaired) electrons. The predicted molar refractivity (Wildman–Crippen MR) is 61.3 cm³/mol. The fraction of sp³-hybridized carbons (Fsp3) is 0.500. The van der Waals surface area contributed by atoms with E-state index < -0.39 is 12.0 Å². The summed E-state index contributed by atoms with van der Waals surface area (Å²) < 4.78 is 10.3. The van der Waals surface area contributed by atoms with Gasteiger partial charge in [0.1, 0.15) is 5.76 Å². The minimum atomic E-state index is -0.938. The van der Waals surface area contributed by atoms with Crippen LogP contribution in [0.4, 0.5) is 0 Å². The van der Waals surface area contributed by atoms with Gasteiger partial charge in [-0.25, -0.2) is 0 Å². The number of rotatable bonds is 3. The van der Waals surface area contributed by atoms with Crippen molar-refractivity contribution >= 4 is 11.9 Å². The van der Waals surface area contributed by atoms with Gasteiger partial charge < -0.3 is 19.2 Å². The maximum atomic E-state index is 12.3. The molecule has 0 bridgehead atoms. The summed E-state index contributed by atoms with van der Waals surface area (Å²) in [5.41, 5.74) is 0.479. The van der Waals surface area contributed by atoms with Gasteiger partial charge in [0.15, 0.2) is 0 Å². The minimum absolute atomic E-state index is 0.108. The van der Waals surface area contributed by atoms with E-state index in [4.69, 9.17) is 14.3 Å². The summed E-state index contributed by atoms with van der Waals surface area (Å²) in [5, 5.41) is 8.84. The quantitative estimate of drug-likeness (QED) is 0.865. The lowest BCUT2D eigenvalue weighted by molar-refractivity contribution is -0.139. The highest BCUT2D eigenvalue weighted by molar-refractivity contribution is 5.95. The third-order valence-electron chi connectivity index (χ3n) is 2.99. The molecule has 0 spiro atoms. The Morgan fingerprint density at radius 1 is 1.56 bits per heavy atom. The van der Waals surface area contributed by atoms with Crippen LogP contribution in [0.15, 0.2) is 16.7 Å². The number of carboxylic acid groups (broad SMARTS) is 1. The Bertz CT molecular complexity index is 453. The molecule has 1 aliphatic heterocycles. The molecule has 1 amide bonds. The summed E-state index contributed by atoms with van der Waals surface area (Å²) in [4.78, 5) is 24.6. The number of nitrogens with zero attached hydrogens (tertiary/aromatic N) is 1. The number of aryl methyl sites for hydroxylation is 1. The standard InChI is InChI=1S/C12H15NO5/c1-8-10(2-4-18-8)12(16)13-3-5-17-7-9(13)6-11(14)15/h2,4,9H,3,5-7H2,1H3,(H,14,15)/t9-/m0/s1. The van der Waals surface area contributed by atoms with Crippen LogP contribution in [0.5, 0.6) is 0 Å². The van der Waals surface area contributed by atoms with Crippen LogP contribution in [-0.4, -0.2) is 47.7 Å². The molecule has 1 aliphatic rings. The van der Waals surface area contributed by atoms with E-state index >= 15 is 0 Å². The van der Waals surface area contributed by atoms with Crippen LogP contribution in [0.25, 0.3) is 0 Å². The number of carboxylic acids is 1. The first kappa shape index (κ1) is 12.6. The summed E-state index contributed by atoms with van der Waals surface area (Å²) in [6.45, 7) is 2.80. The number of carbonyl (C=O) groups is 2. The van der Waals surface area contributed by atoms with E-state index in [2.05, 4.69) is 0 Å². The average Bonchev–Trinajstić information content (AvgIpc) is 2.74. The Morgan fingerprint density at radius 3 is 2.94 bits per heavy atom. The van der Waals surface area contributed by atoms with Crippen molar-refractivity contribution in [1.82, 2.24) is 4.90 Å². The van der Waals surface area contributed by atoms with E-state index in [1.54, 1.807) is 17.9 Å². The third-order valence-corrected chi connectivity index (χ3v) is 2.99. The molecule has 98 valence electrons. The van der Waals surface area contributed by atoms with Gasteiger partial charge in [-0.15, -0.1) is 0 Å².